The van der Waals surface area contributed by atoms with E-state index in [4.69, 9.17) is 23.7 Å². The van der Waals surface area contributed by atoms with Crippen molar-refractivity contribution in [2.75, 3.05) is 0 Å². The van der Waals surface area contributed by atoms with E-state index in [0.717, 1.165) is 37.7 Å². The molecule has 6 aliphatic rings. The molecule has 15 unspecified atom stereocenters. The molecular weight excluding hydrogens is 737 g/mol. The van der Waals surface area contributed by atoms with Gasteiger partial charge in [0.15, 0.2) is 6.10 Å². The monoisotopic (exact) mass is 804 g/mol. The molecule has 3 saturated heterocycles. The highest BCUT2D eigenvalue weighted by atomic mass is 16.6. The third-order valence-electron chi connectivity index (χ3n) is 12.1. The number of ether oxygens (including phenoxy) is 5. The summed E-state index contributed by atoms with van der Waals surface area (Å²) in [5, 5.41) is 32.8. The maximum absolute atomic E-state index is 13.0. The SMILES string of the molecule is CC(=O)CCCCC(C)C=C(C)C1OC2C=CC1OC(=O)C=CC=CC=CC1OC3CC1OC(C=CCC1OC(CC(O)C1C)C(O)C(O)C=CCCC=CC2)C3C. The molecule has 3 fully saturated rings. The van der Waals surface area contributed by atoms with Crippen LogP contribution in [0.25, 0.3) is 0 Å². The topological polar surface area (TPSA) is 141 Å². The van der Waals surface area contributed by atoms with Gasteiger partial charge in [0, 0.05) is 37.2 Å². The van der Waals surface area contributed by atoms with Crippen LogP contribution in [0.5, 0.6) is 0 Å². The van der Waals surface area contributed by atoms with E-state index in [9.17, 15) is 24.9 Å². The number of Topliss-reactive ketones (excluding diaryl/α,β-unsaturated/α-hetero) is 1. The number of hydrogen-bond acceptors (Lipinski definition) is 10. The van der Waals surface area contributed by atoms with Gasteiger partial charge in [-0.3, -0.25) is 0 Å². The van der Waals surface area contributed by atoms with Gasteiger partial charge >= 0.3 is 5.97 Å². The van der Waals surface area contributed by atoms with Crippen molar-refractivity contribution in [2.24, 2.45) is 17.8 Å². The molecule has 0 amide bonds. The van der Waals surface area contributed by atoms with Crippen LogP contribution in [-0.2, 0) is 33.3 Å². The summed E-state index contributed by atoms with van der Waals surface area (Å²) in [6.45, 7) is 9.89. The molecule has 0 aromatic carbocycles. The quantitative estimate of drug-likeness (QED) is 0.136. The first-order chi connectivity index (χ1) is 27.9. The Morgan fingerprint density at radius 1 is 0.741 bits per heavy atom. The van der Waals surface area contributed by atoms with E-state index < -0.39 is 42.6 Å². The van der Waals surface area contributed by atoms with Gasteiger partial charge in [-0.1, -0.05) is 106 Å². The van der Waals surface area contributed by atoms with Crippen LogP contribution in [0.3, 0.4) is 0 Å². The Hall–Kier alpha value is -3.22. The lowest BCUT2D eigenvalue weighted by molar-refractivity contribution is -0.175. The molecule has 0 spiro atoms. The number of carbonyl (C=O) groups excluding carboxylic acids is 2. The molecule has 0 aromatic heterocycles. The molecule has 10 heteroatoms. The normalized spacial score (nSPS) is 38.4. The van der Waals surface area contributed by atoms with Crippen molar-refractivity contribution in [1.29, 1.82) is 0 Å². The van der Waals surface area contributed by atoms with Crippen molar-refractivity contribution in [1.82, 2.24) is 0 Å². The summed E-state index contributed by atoms with van der Waals surface area (Å²) in [6, 6.07) is 0. The average molecular weight is 805 g/mol. The second-order valence-electron chi connectivity index (χ2n) is 17.0. The Kier molecular flexibility index (Phi) is 18.2. The molecule has 15 atom stereocenters. The number of aliphatic hydroxyl groups excluding tert-OH is 3. The first kappa shape index (κ1) is 45.9. The molecule has 6 aliphatic heterocycles. The largest absolute Gasteiger partial charge is 0.452 e. The van der Waals surface area contributed by atoms with Crippen LogP contribution in [0.4, 0.5) is 0 Å². The highest BCUT2D eigenvalue weighted by Gasteiger charge is 2.45. The minimum Gasteiger partial charge on any atom is -0.452 e. The molecule has 10 nitrogen and oxygen atoms in total. The summed E-state index contributed by atoms with van der Waals surface area (Å²) >= 11 is 0. The van der Waals surface area contributed by atoms with E-state index in [1.54, 1.807) is 25.2 Å². The van der Waals surface area contributed by atoms with Crippen molar-refractivity contribution in [3.8, 4) is 0 Å². The van der Waals surface area contributed by atoms with Gasteiger partial charge in [0.1, 0.15) is 30.2 Å². The lowest BCUT2D eigenvalue weighted by Gasteiger charge is -2.40. The summed E-state index contributed by atoms with van der Waals surface area (Å²) in [7, 11) is 0. The summed E-state index contributed by atoms with van der Waals surface area (Å²) in [6.07, 6.45) is 29.8. The van der Waals surface area contributed by atoms with Crippen molar-refractivity contribution in [3.05, 3.63) is 96.7 Å². The predicted octanol–water partition coefficient (Wildman–Crippen LogP) is 7.30. The van der Waals surface area contributed by atoms with E-state index >= 15 is 0 Å². The van der Waals surface area contributed by atoms with Crippen LogP contribution >= 0.6 is 0 Å². The Labute approximate surface area is 346 Å². The molecule has 7 bridgehead atoms. The van der Waals surface area contributed by atoms with Crippen LogP contribution in [-0.4, -0.2) is 100 Å². The zero-order chi connectivity index (χ0) is 41.6. The van der Waals surface area contributed by atoms with Gasteiger partial charge in [-0.2, -0.15) is 0 Å². The fourth-order valence-electron chi connectivity index (χ4n) is 8.48. The molecule has 0 saturated carbocycles. The average Bonchev–Trinajstić information content (AvgIpc) is 3.54. The molecule has 320 valence electrons. The van der Waals surface area contributed by atoms with Crippen molar-refractivity contribution < 1.29 is 48.6 Å². The fourth-order valence-corrected chi connectivity index (χ4v) is 8.48. The third kappa shape index (κ3) is 13.7. The molecule has 0 aliphatic carbocycles. The lowest BCUT2D eigenvalue weighted by atomic mass is 9.85. The predicted molar refractivity (Wildman–Crippen MR) is 225 cm³/mol. The van der Waals surface area contributed by atoms with Crippen molar-refractivity contribution in [3.63, 3.8) is 0 Å². The van der Waals surface area contributed by atoms with Crippen molar-refractivity contribution in [2.45, 2.75) is 172 Å². The minimum absolute atomic E-state index is 0.0591. The first-order valence-corrected chi connectivity index (χ1v) is 21.6. The summed E-state index contributed by atoms with van der Waals surface area (Å²) in [5.41, 5.74) is 0.995. The van der Waals surface area contributed by atoms with Crippen molar-refractivity contribution >= 4 is 11.8 Å². The summed E-state index contributed by atoms with van der Waals surface area (Å²) in [5.74, 6) is 0.0340. The molecule has 0 radical (unpaired) electrons. The molecular formula is C48H68O10. The highest BCUT2D eigenvalue weighted by Crippen LogP contribution is 2.38. The number of fused-ring (bicyclic) bond motifs is 13. The number of aliphatic hydroxyl groups is 3. The van der Waals surface area contributed by atoms with E-state index in [2.05, 4.69) is 38.2 Å². The first-order valence-electron chi connectivity index (χ1n) is 21.6. The van der Waals surface area contributed by atoms with Gasteiger partial charge in [0.25, 0.3) is 0 Å². The maximum Gasteiger partial charge on any atom is 0.331 e. The fraction of sp³-hybridized carbons (Fsp3) is 0.625. The number of allylic oxidation sites excluding steroid dienone is 7. The van der Waals surface area contributed by atoms with Gasteiger partial charge in [-0.25, -0.2) is 4.79 Å². The molecule has 0 aromatic rings. The highest BCUT2D eigenvalue weighted by molar-refractivity contribution is 5.82. The van der Waals surface area contributed by atoms with E-state index in [1.807, 2.05) is 56.4 Å². The van der Waals surface area contributed by atoms with E-state index in [1.165, 1.54) is 6.08 Å². The number of esters is 1. The van der Waals surface area contributed by atoms with Crippen LogP contribution < -0.4 is 0 Å². The van der Waals surface area contributed by atoms with E-state index in [0.29, 0.717) is 25.7 Å². The second kappa shape index (κ2) is 23.0. The smallest absolute Gasteiger partial charge is 0.331 e. The van der Waals surface area contributed by atoms with Crippen LogP contribution in [0.15, 0.2) is 96.7 Å². The number of ketones is 1. The molecule has 58 heavy (non-hydrogen) atoms. The van der Waals surface area contributed by atoms with Crippen LogP contribution in [0, 0.1) is 17.8 Å². The summed E-state index contributed by atoms with van der Waals surface area (Å²) < 4.78 is 31.6. The standard InChI is InChI=1S/C48H68O10/c1-31(18-15-16-19-33(3)49)28-32(2)48-42-27-26-36(54-48)20-11-7-6-8-12-21-37(50)47(53)45-29-38(51)34(4)39(56-45)23-17-24-40-35(5)43-30-44(55-40)41(57-43)22-13-9-10-14-25-46(52)58-42/h7,9-14,17,21-22,24-28,31,34-45,47-48,50-51,53H,6,8,15-16,18-20,23,29-30H2,1-5H3. The molecule has 6 heterocycles. The van der Waals surface area contributed by atoms with E-state index in [-0.39, 0.29) is 66.6 Å². The third-order valence-corrected chi connectivity index (χ3v) is 12.1. The Morgan fingerprint density at radius 3 is 2.33 bits per heavy atom. The van der Waals surface area contributed by atoms with Gasteiger partial charge in [-0.05, 0) is 69.9 Å². The second-order valence-corrected chi connectivity index (χ2v) is 17.0. The Morgan fingerprint density at radius 2 is 1.52 bits per heavy atom. The Bertz CT molecular complexity index is 1570. The maximum atomic E-state index is 13.0. The Balaban J connectivity index is 1.29. The van der Waals surface area contributed by atoms with Gasteiger partial charge < -0.3 is 43.8 Å². The number of unbranched alkanes of at least 4 members (excludes halogenated alkanes) is 1. The number of hydrogen-bond donors (Lipinski definition) is 3. The van der Waals surface area contributed by atoms with Gasteiger partial charge in [0.2, 0.25) is 0 Å². The van der Waals surface area contributed by atoms with Crippen LogP contribution in [0.1, 0.15) is 98.8 Å². The zero-order valence-corrected chi connectivity index (χ0v) is 35.1. The lowest BCUT2D eigenvalue weighted by Crippen LogP contribution is -2.50. The number of carbonyl (C=O) groups is 2. The zero-order valence-electron chi connectivity index (χ0n) is 35.1. The summed E-state index contributed by atoms with van der Waals surface area (Å²) in [4.78, 5) is 24.4. The molecule has 6 rings (SSSR count). The minimum atomic E-state index is -1.17. The van der Waals surface area contributed by atoms with Gasteiger partial charge in [-0.15, -0.1) is 0 Å². The number of rotatable bonds is 7. The van der Waals surface area contributed by atoms with Gasteiger partial charge in [0.05, 0.1) is 42.7 Å². The molecule has 3 N–H and O–H groups in total. The van der Waals surface area contributed by atoms with Crippen LogP contribution in [0.2, 0.25) is 0 Å².